The van der Waals surface area contributed by atoms with E-state index < -0.39 is 23.2 Å². The van der Waals surface area contributed by atoms with Crippen molar-refractivity contribution in [2.45, 2.75) is 118 Å². The van der Waals surface area contributed by atoms with E-state index in [2.05, 4.69) is 20.8 Å². The number of carbonyl (C=O) groups excluding carboxylic acids is 3. The summed E-state index contributed by atoms with van der Waals surface area (Å²) in [6.07, 6.45) is 6.97. The Morgan fingerprint density at radius 1 is 1.08 bits per heavy atom. The predicted molar refractivity (Wildman–Crippen MR) is 145 cm³/mol. The van der Waals surface area contributed by atoms with E-state index in [1.165, 1.54) is 18.1 Å². The van der Waals surface area contributed by atoms with Crippen LogP contribution in [0.15, 0.2) is 22.8 Å². The van der Waals surface area contributed by atoms with Crippen LogP contribution in [0.4, 0.5) is 0 Å². The molecule has 7 heteroatoms. The molecule has 5 rings (SSSR count). The van der Waals surface area contributed by atoms with Gasteiger partial charge in [-0.15, -0.1) is 0 Å². The van der Waals surface area contributed by atoms with Crippen LogP contribution in [0.5, 0.6) is 0 Å². The van der Waals surface area contributed by atoms with E-state index in [0.29, 0.717) is 18.4 Å². The second-order valence-corrected chi connectivity index (χ2v) is 14.0. The lowest BCUT2D eigenvalue weighted by Gasteiger charge is -2.59. The standard InChI is InChI=1S/C32H46O7/c1-18-16-24(34)27(38-28(18)36)19(2)21-10-13-31(7)22-8-9-25-29(4,5)39-26(35)12-15-32(25,17-37-20(3)33)23(22)11-14-30(21,31)6/h16,19,21,24-25,27,34H,8-15,17H2,1-7H3/t19-,21+,24-,25-,27+,30+,31-,32-/m0/s1. The number of allylic oxidation sites excluding steroid dienone is 1. The fourth-order valence-electron chi connectivity index (χ4n) is 9.80. The van der Waals surface area contributed by atoms with Crippen LogP contribution >= 0.6 is 0 Å². The summed E-state index contributed by atoms with van der Waals surface area (Å²) in [6, 6.07) is 0. The zero-order valence-corrected chi connectivity index (χ0v) is 24.7. The van der Waals surface area contributed by atoms with Gasteiger partial charge in [0.25, 0.3) is 0 Å². The van der Waals surface area contributed by atoms with Crippen LogP contribution in [0.3, 0.4) is 0 Å². The van der Waals surface area contributed by atoms with Gasteiger partial charge in [0.2, 0.25) is 0 Å². The van der Waals surface area contributed by atoms with Crippen molar-refractivity contribution in [1.29, 1.82) is 0 Å². The van der Waals surface area contributed by atoms with Crippen molar-refractivity contribution in [1.82, 2.24) is 0 Å². The quantitative estimate of drug-likeness (QED) is 0.287. The number of esters is 3. The highest BCUT2D eigenvalue weighted by atomic mass is 16.6. The van der Waals surface area contributed by atoms with E-state index in [1.807, 2.05) is 13.8 Å². The van der Waals surface area contributed by atoms with Gasteiger partial charge in [0.05, 0.1) is 0 Å². The largest absolute Gasteiger partial charge is 0.465 e. The van der Waals surface area contributed by atoms with Gasteiger partial charge in [0, 0.05) is 30.3 Å². The lowest BCUT2D eigenvalue weighted by Crippen LogP contribution is -2.54. The van der Waals surface area contributed by atoms with E-state index in [9.17, 15) is 19.5 Å². The lowest BCUT2D eigenvalue weighted by atomic mass is 9.46. The molecule has 1 saturated carbocycles. The number of fused-ring (bicyclic) bond motifs is 4. The molecule has 0 aromatic carbocycles. The average Bonchev–Trinajstić information content (AvgIpc) is 3.08. The van der Waals surface area contributed by atoms with E-state index >= 15 is 0 Å². The first-order valence-electron chi connectivity index (χ1n) is 14.8. The maximum Gasteiger partial charge on any atom is 0.333 e. The van der Waals surface area contributed by atoms with E-state index in [0.717, 1.165) is 38.5 Å². The monoisotopic (exact) mass is 542 g/mol. The number of ether oxygens (including phenoxy) is 3. The van der Waals surface area contributed by atoms with Gasteiger partial charge >= 0.3 is 17.9 Å². The number of rotatable bonds is 4. The molecule has 0 spiro atoms. The Morgan fingerprint density at radius 3 is 2.49 bits per heavy atom. The highest BCUT2D eigenvalue weighted by molar-refractivity contribution is 5.88. The molecule has 2 aliphatic heterocycles. The molecule has 0 aromatic rings. The summed E-state index contributed by atoms with van der Waals surface area (Å²) < 4.78 is 17.5. The summed E-state index contributed by atoms with van der Waals surface area (Å²) in [7, 11) is 0. The summed E-state index contributed by atoms with van der Waals surface area (Å²) in [6.45, 7) is 14.4. The molecular weight excluding hydrogens is 496 g/mol. The summed E-state index contributed by atoms with van der Waals surface area (Å²) >= 11 is 0. The van der Waals surface area contributed by atoms with Crippen LogP contribution in [0, 0.1) is 34.0 Å². The number of aliphatic hydroxyl groups excluding tert-OH is 1. The topological polar surface area (TPSA) is 99.1 Å². The SMILES string of the molecule is CC(=O)OC[C@]12CCC(=O)OC(C)(C)[C@@H]1CCC1=C2CC[C@]2(C)[C@@H]([C@H](C)[C@H]3OC(=O)C(C)=C[C@@H]3O)CC[C@@]12C. The summed E-state index contributed by atoms with van der Waals surface area (Å²) in [4.78, 5) is 37.2. The lowest BCUT2D eigenvalue weighted by molar-refractivity contribution is -0.165. The van der Waals surface area contributed by atoms with Gasteiger partial charge in [-0.05, 0) is 94.5 Å². The van der Waals surface area contributed by atoms with Crippen molar-refractivity contribution in [2.75, 3.05) is 6.61 Å². The first-order valence-corrected chi connectivity index (χ1v) is 14.8. The third kappa shape index (κ3) is 4.20. The van der Waals surface area contributed by atoms with Crippen molar-refractivity contribution in [3.05, 3.63) is 22.8 Å². The molecule has 0 unspecified atom stereocenters. The molecule has 0 bridgehead atoms. The fraction of sp³-hybridized carbons (Fsp3) is 0.781. The van der Waals surface area contributed by atoms with Gasteiger partial charge in [-0.25, -0.2) is 4.79 Å². The Bertz CT molecular complexity index is 1130. The molecule has 0 radical (unpaired) electrons. The van der Waals surface area contributed by atoms with E-state index in [1.54, 1.807) is 13.0 Å². The third-order valence-corrected chi connectivity index (χ3v) is 11.9. The average molecular weight is 543 g/mol. The smallest absolute Gasteiger partial charge is 0.333 e. The maximum absolute atomic E-state index is 12.7. The van der Waals surface area contributed by atoms with Gasteiger partial charge in [0.15, 0.2) is 0 Å². The molecule has 7 nitrogen and oxygen atoms in total. The number of hydrogen-bond acceptors (Lipinski definition) is 7. The Balaban J connectivity index is 1.55. The van der Waals surface area contributed by atoms with Gasteiger partial charge in [-0.3, -0.25) is 9.59 Å². The van der Waals surface area contributed by atoms with Crippen LogP contribution < -0.4 is 0 Å². The van der Waals surface area contributed by atoms with Gasteiger partial charge < -0.3 is 19.3 Å². The minimum atomic E-state index is -0.792. The van der Waals surface area contributed by atoms with Crippen LogP contribution in [-0.4, -0.2) is 47.4 Å². The Labute approximate surface area is 232 Å². The molecule has 2 heterocycles. The van der Waals surface area contributed by atoms with Gasteiger partial charge in [0.1, 0.15) is 24.4 Å². The maximum atomic E-state index is 12.7. The molecule has 39 heavy (non-hydrogen) atoms. The molecule has 3 aliphatic carbocycles. The zero-order valence-electron chi connectivity index (χ0n) is 24.7. The molecule has 1 saturated heterocycles. The van der Waals surface area contributed by atoms with Crippen LogP contribution in [0.2, 0.25) is 0 Å². The molecule has 2 fully saturated rings. The van der Waals surface area contributed by atoms with E-state index in [4.69, 9.17) is 14.2 Å². The molecular formula is C32H46O7. The Morgan fingerprint density at radius 2 is 1.79 bits per heavy atom. The highest BCUT2D eigenvalue weighted by Gasteiger charge is 2.65. The number of carbonyl (C=O) groups is 3. The number of cyclic esters (lactones) is 2. The normalized spacial score (nSPS) is 42.2. The Hall–Kier alpha value is -2.15. The van der Waals surface area contributed by atoms with Crippen LogP contribution in [0.1, 0.15) is 99.8 Å². The Kier molecular flexibility index (Phi) is 6.88. The van der Waals surface area contributed by atoms with Crippen molar-refractivity contribution in [2.24, 2.45) is 34.0 Å². The number of aliphatic hydroxyl groups is 1. The van der Waals surface area contributed by atoms with Crippen molar-refractivity contribution in [3.63, 3.8) is 0 Å². The number of hydrogen-bond donors (Lipinski definition) is 1. The second-order valence-electron chi connectivity index (χ2n) is 14.0. The van der Waals surface area contributed by atoms with Gasteiger partial charge in [-0.2, -0.15) is 0 Å². The van der Waals surface area contributed by atoms with Crippen molar-refractivity contribution >= 4 is 17.9 Å². The summed E-state index contributed by atoms with van der Waals surface area (Å²) in [5.74, 6) is -0.438. The molecule has 1 N–H and O–H groups in total. The van der Waals surface area contributed by atoms with Crippen molar-refractivity contribution < 1.29 is 33.7 Å². The van der Waals surface area contributed by atoms with Crippen LogP contribution in [0.25, 0.3) is 0 Å². The van der Waals surface area contributed by atoms with Crippen molar-refractivity contribution in [3.8, 4) is 0 Å². The summed E-state index contributed by atoms with van der Waals surface area (Å²) in [5, 5.41) is 10.8. The third-order valence-electron chi connectivity index (χ3n) is 11.9. The zero-order chi connectivity index (χ0) is 28.5. The van der Waals surface area contributed by atoms with Gasteiger partial charge in [-0.1, -0.05) is 31.9 Å². The molecule has 0 amide bonds. The molecule has 0 aromatic heterocycles. The predicted octanol–water partition coefficient (Wildman–Crippen LogP) is 5.44. The first kappa shape index (κ1) is 28.4. The highest BCUT2D eigenvalue weighted by Crippen LogP contribution is 2.71. The summed E-state index contributed by atoms with van der Waals surface area (Å²) in [5.41, 5.74) is 2.18. The minimum absolute atomic E-state index is 0.0106. The second kappa shape index (κ2) is 9.46. The minimum Gasteiger partial charge on any atom is -0.465 e. The van der Waals surface area contributed by atoms with Crippen LogP contribution in [-0.2, 0) is 28.6 Å². The molecule has 216 valence electrons. The first-order chi connectivity index (χ1) is 18.2. The fourth-order valence-corrected chi connectivity index (χ4v) is 9.80. The molecule has 5 aliphatic rings. The molecule has 8 atom stereocenters. The van der Waals surface area contributed by atoms with E-state index in [-0.39, 0.29) is 53.1 Å².